The third-order valence-corrected chi connectivity index (χ3v) is 2.08. The van der Waals surface area contributed by atoms with Crippen LogP contribution in [0, 0.1) is 0 Å². The first-order valence-electron chi connectivity index (χ1n) is 5.20. The highest BCUT2D eigenvalue weighted by Crippen LogP contribution is 2.08. The topological polar surface area (TPSA) is 55.6 Å². The van der Waals surface area contributed by atoms with Crippen molar-refractivity contribution >= 4 is 11.7 Å². The van der Waals surface area contributed by atoms with Gasteiger partial charge in [0.25, 0.3) is 0 Å². The van der Waals surface area contributed by atoms with E-state index in [9.17, 15) is 4.79 Å². The van der Waals surface area contributed by atoms with Gasteiger partial charge < -0.3 is 15.4 Å². The number of nitrogen functional groups attached to an aromatic ring is 1. The third-order valence-electron chi connectivity index (χ3n) is 2.08. The van der Waals surface area contributed by atoms with Gasteiger partial charge in [-0.05, 0) is 45.3 Å². The highest BCUT2D eigenvalue weighted by atomic mass is 16.5. The molecule has 88 valence electrons. The predicted molar refractivity (Wildman–Crippen MR) is 64.3 cm³/mol. The quantitative estimate of drug-likeness (QED) is 0.617. The second-order valence-corrected chi connectivity index (χ2v) is 4.10. The Balaban J connectivity index is 2.55. The molecule has 1 rings (SSSR count). The fourth-order valence-corrected chi connectivity index (χ4v) is 1.42. The summed E-state index contributed by atoms with van der Waals surface area (Å²) >= 11 is 0. The van der Waals surface area contributed by atoms with Crippen LogP contribution < -0.4 is 5.73 Å². The number of hydrogen-bond acceptors (Lipinski definition) is 4. The summed E-state index contributed by atoms with van der Waals surface area (Å²) in [5, 5.41) is 0. The first-order valence-corrected chi connectivity index (χ1v) is 5.20. The van der Waals surface area contributed by atoms with Gasteiger partial charge in [-0.2, -0.15) is 0 Å². The Morgan fingerprint density at radius 3 is 2.44 bits per heavy atom. The summed E-state index contributed by atoms with van der Waals surface area (Å²) in [6.07, 6.45) is -0.125. The summed E-state index contributed by atoms with van der Waals surface area (Å²) in [7, 11) is 3.88. The molecule has 0 aromatic heterocycles. The summed E-state index contributed by atoms with van der Waals surface area (Å²) < 4.78 is 5.27. The Kier molecular flexibility index (Phi) is 4.31. The number of carbonyl (C=O) groups excluding carboxylic acids is 1. The lowest BCUT2D eigenvalue weighted by Crippen LogP contribution is -2.28. The standard InChI is InChI=1S/C12H18N2O2/c1-9(8-14(2)3)16-12(15)10-4-6-11(13)7-5-10/h4-7,9H,8,13H2,1-3H3. The zero-order valence-electron chi connectivity index (χ0n) is 9.93. The van der Waals surface area contributed by atoms with Gasteiger partial charge in [0.1, 0.15) is 6.10 Å². The van der Waals surface area contributed by atoms with Gasteiger partial charge in [0, 0.05) is 12.2 Å². The van der Waals surface area contributed by atoms with Crippen molar-refractivity contribution in [3.05, 3.63) is 29.8 Å². The van der Waals surface area contributed by atoms with E-state index in [-0.39, 0.29) is 12.1 Å². The van der Waals surface area contributed by atoms with E-state index in [4.69, 9.17) is 10.5 Å². The van der Waals surface area contributed by atoms with Crippen LogP contribution in [0.1, 0.15) is 17.3 Å². The number of rotatable bonds is 4. The first kappa shape index (κ1) is 12.5. The SMILES string of the molecule is CC(CN(C)C)OC(=O)c1ccc(N)cc1. The van der Waals surface area contributed by atoms with Crippen LogP contribution in [-0.4, -0.2) is 37.6 Å². The van der Waals surface area contributed by atoms with Crippen LogP contribution in [0.3, 0.4) is 0 Å². The summed E-state index contributed by atoms with van der Waals surface area (Å²) in [5.41, 5.74) is 6.70. The summed E-state index contributed by atoms with van der Waals surface area (Å²) in [4.78, 5) is 13.6. The van der Waals surface area contributed by atoms with Crippen LogP contribution in [-0.2, 0) is 4.74 Å². The molecule has 0 fully saturated rings. The molecule has 0 saturated heterocycles. The maximum absolute atomic E-state index is 11.7. The second kappa shape index (κ2) is 5.51. The number of benzene rings is 1. The highest BCUT2D eigenvalue weighted by Gasteiger charge is 2.12. The van der Waals surface area contributed by atoms with Crippen molar-refractivity contribution in [3.63, 3.8) is 0 Å². The minimum atomic E-state index is -0.311. The molecule has 0 saturated carbocycles. The van der Waals surface area contributed by atoms with Crippen molar-refractivity contribution in [2.75, 3.05) is 26.4 Å². The maximum Gasteiger partial charge on any atom is 0.338 e. The van der Waals surface area contributed by atoms with Crippen LogP contribution in [0.5, 0.6) is 0 Å². The molecule has 2 N–H and O–H groups in total. The van der Waals surface area contributed by atoms with E-state index >= 15 is 0 Å². The van der Waals surface area contributed by atoms with E-state index in [1.165, 1.54) is 0 Å². The van der Waals surface area contributed by atoms with Crippen molar-refractivity contribution in [1.29, 1.82) is 0 Å². The zero-order valence-corrected chi connectivity index (χ0v) is 9.93. The lowest BCUT2D eigenvalue weighted by atomic mass is 10.2. The van der Waals surface area contributed by atoms with Gasteiger partial charge in [-0.1, -0.05) is 0 Å². The number of nitrogens with two attached hydrogens (primary N) is 1. The van der Waals surface area contributed by atoms with Crippen molar-refractivity contribution in [2.24, 2.45) is 0 Å². The number of nitrogens with zero attached hydrogens (tertiary/aromatic N) is 1. The van der Waals surface area contributed by atoms with Crippen molar-refractivity contribution in [3.8, 4) is 0 Å². The number of esters is 1. The molecule has 1 atom stereocenters. The molecule has 16 heavy (non-hydrogen) atoms. The largest absolute Gasteiger partial charge is 0.458 e. The normalized spacial score (nSPS) is 12.5. The van der Waals surface area contributed by atoms with E-state index in [0.29, 0.717) is 17.8 Å². The molecule has 4 heteroatoms. The van der Waals surface area contributed by atoms with Crippen molar-refractivity contribution < 1.29 is 9.53 Å². The minimum Gasteiger partial charge on any atom is -0.458 e. The number of likely N-dealkylation sites (N-methyl/N-ethyl adjacent to an activating group) is 1. The first-order chi connectivity index (χ1) is 7.49. The molecule has 0 aliphatic heterocycles. The summed E-state index contributed by atoms with van der Waals surface area (Å²) in [5.74, 6) is -0.311. The Morgan fingerprint density at radius 2 is 1.94 bits per heavy atom. The number of hydrogen-bond donors (Lipinski definition) is 1. The van der Waals surface area contributed by atoms with Gasteiger partial charge in [-0.3, -0.25) is 0 Å². The molecule has 1 aromatic carbocycles. The lowest BCUT2D eigenvalue weighted by molar-refractivity contribution is 0.0289. The Morgan fingerprint density at radius 1 is 1.38 bits per heavy atom. The van der Waals surface area contributed by atoms with Gasteiger partial charge in [-0.15, -0.1) is 0 Å². The van der Waals surface area contributed by atoms with E-state index in [2.05, 4.69) is 0 Å². The summed E-state index contributed by atoms with van der Waals surface area (Å²) in [6, 6.07) is 6.71. The molecule has 0 amide bonds. The molecule has 0 radical (unpaired) electrons. The predicted octanol–water partition coefficient (Wildman–Crippen LogP) is 1.38. The molecule has 0 aliphatic rings. The van der Waals surface area contributed by atoms with Crippen LogP contribution >= 0.6 is 0 Å². The minimum absolute atomic E-state index is 0.125. The molecule has 0 heterocycles. The molecular formula is C12H18N2O2. The fourth-order valence-electron chi connectivity index (χ4n) is 1.42. The highest BCUT2D eigenvalue weighted by molar-refractivity contribution is 5.89. The average Bonchev–Trinajstić information content (AvgIpc) is 2.16. The summed E-state index contributed by atoms with van der Waals surface area (Å²) in [6.45, 7) is 2.58. The Hall–Kier alpha value is -1.55. The second-order valence-electron chi connectivity index (χ2n) is 4.10. The maximum atomic E-state index is 11.7. The van der Waals surface area contributed by atoms with Gasteiger partial charge >= 0.3 is 5.97 Å². The Bertz CT molecular complexity index is 347. The molecule has 0 aliphatic carbocycles. The molecule has 1 aromatic rings. The van der Waals surface area contributed by atoms with Crippen LogP contribution in [0.2, 0.25) is 0 Å². The fraction of sp³-hybridized carbons (Fsp3) is 0.417. The van der Waals surface area contributed by atoms with Crippen LogP contribution in [0.4, 0.5) is 5.69 Å². The molecular weight excluding hydrogens is 204 g/mol. The van der Waals surface area contributed by atoms with E-state index < -0.39 is 0 Å². The lowest BCUT2D eigenvalue weighted by Gasteiger charge is -2.17. The smallest absolute Gasteiger partial charge is 0.338 e. The monoisotopic (exact) mass is 222 g/mol. The third kappa shape index (κ3) is 3.90. The molecule has 0 bridgehead atoms. The average molecular weight is 222 g/mol. The Labute approximate surface area is 96.0 Å². The molecule has 4 nitrogen and oxygen atoms in total. The van der Waals surface area contributed by atoms with Crippen LogP contribution in [0.25, 0.3) is 0 Å². The number of carbonyl (C=O) groups is 1. The number of ether oxygens (including phenoxy) is 1. The zero-order chi connectivity index (χ0) is 12.1. The number of anilines is 1. The molecule has 0 spiro atoms. The van der Waals surface area contributed by atoms with Crippen molar-refractivity contribution in [2.45, 2.75) is 13.0 Å². The van der Waals surface area contributed by atoms with Gasteiger partial charge in [0.2, 0.25) is 0 Å². The van der Waals surface area contributed by atoms with E-state index in [1.54, 1.807) is 24.3 Å². The molecule has 1 unspecified atom stereocenters. The van der Waals surface area contributed by atoms with Crippen LogP contribution in [0.15, 0.2) is 24.3 Å². The van der Waals surface area contributed by atoms with Gasteiger partial charge in [0.05, 0.1) is 5.56 Å². The van der Waals surface area contributed by atoms with E-state index in [0.717, 1.165) is 0 Å². The van der Waals surface area contributed by atoms with Gasteiger partial charge in [0.15, 0.2) is 0 Å². The van der Waals surface area contributed by atoms with Gasteiger partial charge in [-0.25, -0.2) is 4.79 Å². The van der Waals surface area contributed by atoms with E-state index in [1.807, 2.05) is 25.9 Å². The van der Waals surface area contributed by atoms with Crippen molar-refractivity contribution in [1.82, 2.24) is 4.90 Å².